The lowest BCUT2D eigenvalue weighted by molar-refractivity contribution is -0.182. The summed E-state index contributed by atoms with van der Waals surface area (Å²) in [4.78, 5) is 22.2. The van der Waals surface area contributed by atoms with Crippen LogP contribution in [0, 0.1) is 0 Å². The van der Waals surface area contributed by atoms with E-state index in [0.29, 0.717) is 5.75 Å². The zero-order valence-electron chi connectivity index (χ0n) is 13.7. The number of carbonyl (C=O) groups excluding carboxylic acids is 2. The molecule has 0 aliphatic carbocycles. The number of hydrogen-bond acceptors (Lipinski definition) is 8. The molecular weight excluding hydrogens is 348 g/mol. The Kier molecular flexibility index (Phi) is 6.91. The van der Waals surface area contributed by atoms with Crippen LogP contribution in [0.2, 0.25) is 0 Å². The molecule has 1 aromatic rings. The molecule has 134 valence electrons. The second-order valence-electron chi connectivity index (χ2n) is 5.09. The van der Waals surface area contributed by atoms with Crippen LogP contribution in [-0.4, -0.2) is 42.3 Å². The number of ether oxygens (including phenoxy) is 5. The molecule has 0 fully saturated rings. The maximum absolute atomic E-state index is 11.2. The summed E-state index contributed by atoms with van der Waals surface area (Å²) in [6, 6.07) is 8.90. The Morgan fingerprint density at radius 3 is 2.44 bits per heavy atom. The molecule has 1 aromatic carbocycles. The summed E-state index contributed by atoms with van der Waals surface area (Å²) in [5.41, 5.74) is 0. The first-order chi connectivity index (χ1) is 11.9. The Bertz CT molecular complexity index is 644. The van der Waals surface area contributed by atoms with Crippen molar-refractivity contribution in [2.45, 2.75) is 32.3 Å². The Labute approximate surface area is 150 Å². The molecule has 0 aromatic heterocycles. The topological polar surface area (TPSA) is 80.3 Å². The predicted octanol–water partition coefficient (Wildman–Crippen LogP) is 2.14. The Morgan fingerprint density at radius 2 is 1.80 bits per heavy atom. The number of hydrogen-bond donors (Lipinski definition) is 0. The SMILES string of the molecule is CC(=O)OCC1O[C@@H](OC(=S)Oc2ccccc2)C=C[C@@H]1OC(C)=O. The van der Waals surface area contributed by atoms with Gasteiger partial charge in [0.1, 0.15) is 24.6 Å². The number of benzene rings is 1. The van der Waals surface area contributed by atoms with Crippen molar-refractivity contribution >= 4 is 29.4 Å². The average Bonchev–Trinajstić information content (AvgIpc) is 2.55. The summed E-state index contributed by atoms with van der Waals surface area (Å²) < 4.78 is 26.5. The summed E-state index contributed by atoms with van der Waals surface area (Å²) in [6.07, 6.45) is 0.860. The molecule has 0 saturated heterocycles. The monoisotopic (exact) mass is 366 g/mol. The fraction of sp³-hybridized carbons (Fsp3) is 0.353. The number of rotatable bonds is 5. The summed E-state index contributed by atoms with van der Waals surface area (Å²) in [6.45, 7) is 2.46. The predicted molar refractivity (Wildman–Crippen MR) is 90.7 cm³/mol. The van der Waals surface area contributed by atoms with E-state index in [2.05, 4.69) is 0 Å². The molecule has 8 heteroatoms. The first-order valence-electron chi connectivity index (χ1n) is 7.52. The number of carbonyl (C=O) groups is 2. The molecule has 25 heavy (non-hydrogen) atoms. The summed E-state index contributed by atoms with van der Waals surface area (Å²) in [7, 11) is 0. The van der Waals surface area contributed by atoms with Gasteiger partial charge in [-0.1, -0.05) is 18.2 Å². The van der Waals surface area contributed by atoms with Crippen LogP contribution in [0.5, 0.6) is 5.75 Å². The fourth-order valence-electron chi connectivity index (χ4n) is 2.03. The lowest BCUT2D eigenvalue weighted by Gasteiger charge is -2.31. The van der Waals surface area contributed by atoms with Crippen LogP contribution in [0.1, 0.15) is 13.8 Å². The number of para-hydroxylation sites is 1. The molecule has 0 amide bonds. The van der Waals surface area contributed by atoms with Gasteiger partial charge >= 0.3 is 17.2 Å². The van der Waals surface area contributed by atoms with Crippen molar-refractivity contribution < 1.29 is 33.3 Å². The van der Waals surface area contributed by atoms with E-state index in [0.717, 1.165) is 0 Å². The standard InChI is InChI=1S/C17H18O7S/c1-11(18)20-10-15-14(21-12(2)19)8-9-16(23-15)24-17(25)22-13-6-4-3-5-7-13/h3-9,14-16H,10H2,1-2H3/t14-,15?,16-/m0/s1. The first-order valence-corrected chi connectivity index (χ1v) is 7.92. The van der Waals surface area contributed by atoms with Gasteiger partial charge in [-0.25, -0.2) is 0 Å². The Balaban J connectivity index is 1.95. The largest absolute Gasteiger partial charge is 0.463 e. The van der Waals surface area contributed by atoms with E-state index in [1.165, 1.54) is 13.8 Å². The van der Waals surface area contributed by atoms with Crippen molar-refractivity contribution in [2.24, 2.45) is 0 Å². The maximum atomic E-state index is 11.2. The van der Waals surface area contributed by atoms with Crippen molar-refractivity contribution in [3.63, 3.8) is 0 Å². The van der Waals surface area contributed by atoms with Gasteiger partial charge in [0, 0.05) is 26.1 Å². The fourth-order valence-corrected chi connectivity index (χ4v) is 2.22. The van der Waals surface area contributed by atoms with E-state index in [1.807, 2.05) is 6.07 Å². The molecule has 0 N–H and O–H groups in total. The molecule has 1 unspecified atom stereocenters. The van der Waals surface area contributed by atoms with Crippen molar-refractivity contribution in [1.29, 1.82) is 0 Å². The number of thiocarbonyl (C=S) groups is 1. The van der Waals surface area contributed by atoms with Crippen LogP contribution in [0.3, 0.4) is 0 Å². The highest BCUT2D eigenvalue weighted by atomic mass is 32.1. The van der Waals surface area contributed by atoms with Crippen LogP contribution in [0.4, 0.5) is 0 Å². The molecule has 1 heterocycles. The third-order valence-corrected chi connectivity index (χ3v) is 3.22. The molecule has 0 saturated carbocycles. The van der Waals surface area contributed by atoms with Crippen LogP contribution in [0.25, 0.3) is 0 Å². The van der Waals surface area contributed by atoms with Gasteiger partial charge in [-0.05, 0) is 24.3 Å². The lowest BCUT2D eigenvalue weighted by Crippen LogP contribution is -2.42. The molecule has 7 nitrogen and oxygen atoms in total. The van der Waals surface area contributed by atoms with Gasteiger partial charge in [0.15, 0.2) is 0 Å². The van der Waals surface area contributed by atoms with Gasteiger partial charge in [0.05, 0.1) is 0 Å². The Hall–Kier alpha value is -2.45. The smallest absolute Gasteiger partial charge is 0.360 e. The minimum Gasteiger partial charge on any atom is -0.463 e. The molecule has 3 atom stereocenters. The lowest BCUT2D eigenvalue weighted by atomic mass is 10.1. The molecule has 0 radical (unpaired) electrons. The third kappa shape index (κ3) is 6.52. The Morgan fingerprint density at radius 1 is 1.08 bits per heavy atom. The van der Waals surface area contributed by atoms with Gasteiger partial charge in [-0.2, -0.15) is 0 Å². The highest BCUT2D eigenvalue weighted by Gasteiger charge is 2.32. The van der Waals surface area contributed by atoms with Crippen molar-refractivity contribution in [2.75, 3.05) is 6.61 Å². The van der Waals surface area contributed by atoms with Crippen LogP contribution in [0.15, 0.2) is 42.5 Å². The van der Waals surface area contributed by atoms with E-state index >= 15 is 0 Å². The normalized spacial score (nSPS) is 21.9. The molecule has 2 rings (SSSR count). The maximum Gasteiger partial charge on any atom is 0.360 e. The molecule has 1 aliphatic rings. The second-order valence-corrected chi connectivity index (χ2v) is 5.42. The van der Waals surface area contributed by atoms with E-state index in [1.54, 1.807) is 36.4 Å². The van der Waals surface area contributed by atoms with E-state index in [9.17, 15) is 9.59 Å². The van der Waals surface area contributed by atoms with E-state index < -0.39 is 30.4 Å². The third-order valence-electron chi connectivity index (χ3n) is 3.04. The molecule has 1 aliphatic heterocycles. The van der Waals surface area contributed by atoms with Gasteiger partial charge in [0.2, 0.25) is 6.29 Å². The highest BCUT2D eigenvalue weighted by Crippen LogP contribution is 2.19. The highest BCUT2D eigenvalue weighted by molar-refractivity contribution is 7.79. The molecule has 0 spiro atoms. The van der Waals surface area contributed by atoms with Crippen LogP contribution >= 0.6 is 12.2 Å². The van der Waals surface area contributed by atoms with Gasteiger partial charge < -0.3 is 23.7 Å². The van der Waals surface area contributed by atoms with Crippen LogP contribution in [-0.2, 0) is 28.5 Å². The van der Waals surface area contributed by atoms with E-state index in [-0.39, 0.29) is 11.8 Å². The van der Waals surface area contributed by atoms with Crippen molar-refractivity contribution in [1.82, 2.24) is 0 Å². The summed E-state index contributed by atoms with van der Waals surface area (Å²) in [5.74, 6) is -0.421. The number of esters is 2. The molecular formula is C17H18O7S. The zero-order chi connectivity index (χ0) is 18.2. The minimum absolute atomic E-state index is 0.0935. The van der Waals surface area contributed by atoms with Crippen LogP contribution < -0.4 is 4.74 Å². The van der Waals surface area contributed by atoms with Crippen molar-refractivity contribution in [3.8, 4) is 5.75 Å². The average molecular weight is 366 g/mol. The first kappa shape index (κ1) is 18.9. The van der Waals surface area contributed by atoms with Gasteiger partial charge in [-0.15, -0.1) is 0 Å². The van der Waals surface area contributed by atoms with Crippen molar-refractivity contribution in [3.05, 3.63) is 42.5 Å². The molecule has 0 bridgehead atoms. The quantitative estimate of drug-likeness (QED) is 0.445. The van der Waals surface area contributed by atoms with E-state index in [4.69, 9.17) is 35.9 Å². The zero-order valence-corrected chi connectivity index (χ0v) is 14.6. The van der Waals surface area contributed by atoms with Gasteiger partial charge in [-0.3, -0.25) is 9.59 Å². The summed E-state index contributed by atoms with van der Waals surface area (Å²) in [5, 5.41) is -0.127. The second kappa shape index (κ2) is 9.14. The summed E-state index contributed by atoms with van der Waals surface area (Å²) >= 11 is 5.03. The minimum atomic E-state index is -0.858. The van der Waals surface area contributed by atoms with Gasteiger partial charge in [0.25, 0.3) is 0 Å².